The number of benzene rings is 1. The molecule has 1 aromatic carbocycles. The number of nitrogens with zero attached hydrogens (tertiary/aromatic N) is 3. The predicted octanol–water partition coefficient (Wildman–Crippen LogP) is 3.52. The van der Waals surface area contributed by atoms with Gasteiger partial charge in [0.1, 0.15) is 5.75 Å². The second-order valence-electron chi connectivity index (χ2n) is 6.95. The van der Waals surface area contributed by atoms with Crippen LogP contribution in [-0.4, -0.2) is 49.3 Å². The highest BCUT2D eigenvalue weighted by atomic mass is 16.6. The third-order valence-corrected chi connectivity index (χ3v) is 5.02. The summed E-state index contributed by atoms with van der Waals surface area (Å²) in [6.45, 7) is 9.20. The van der Waals surface area contributed by atoms with Gasteiger partial charge in [0.25, 0.3) is 0 Å². The van der Waals surface area contributed by atoms with Crippen LogP contribution in [0.3, 0.4) is 0 Å². The van der Waals surface area contributed by atoms with Crippen molar-refractivity contribution < 1.29 is 14.3 Å². The lowest BCUT2D eigenvalue weighted by Crippen LogP contribution is -2.52. The second kappa shape index (κ2) is 9.44. The molecule has 0 radical (unpaired) electrons. The fourth-order valence-electron chi connectivity index (χ4n) is 3.54. The van der Waals surface area contributed by atoms with E-state index in [0.717, 1.165) is 19.6 Å². The summed E-state index contributed by atoms with van der Waals surface area (Å²) < 4.78 is 10.9. The molecule has 3 rings (SSSR count). The van der Waals surface area contributed by atoms with Gasteiger partial charge < -0.3 is 19.3 Å². The predicted molar refractivity (Wildman–Crippen MR) is 111 cm³/mol. The van der Waals surface area contributed by atoms with Crippen molar-refractivity contribution >= 4 is 17.3 Å². The minimum atomic E-state index is -0.561. The molecule has 1 fully saturated rings. The van der Waals surface area contributed by atoms with Crippen LogP contribution >= 0.6 is 0 Å². The zero-order chi connectivity index (χ0) is 19.9. The van der Waals surface area contributed by atoms with Crippen molar-refractivity contribution in [3.05, 3.63) is 48.8 Å². The first-order chi connectivity index (χ1) is 13.6. The zero-order valence-electron chi connectivity index (χ0n) is 16.9. The van der Waals surface area contributed by atoms with Gasteiger partial charge in [-0.25, -0.2) is 4.79 Å². The average Bonchev–Trinajstić information content (AvgIpc) is 2.73. The number of carbonyl (C=O) groups is 1. The number of piperazine rings is 1. The maximum atomic E-state index is 11.9. The number of ether oxygens (including phenoxy) is 2. The molecule has 0 aliphatic carbocycles. The van der Waals surface area contributed by atoms with Gasteiger partial charge >= 0.3 is 5.97 Å². The molecule has 1 aliphatic rings. The van der Waals surface area contributed by atoms with Crippen molar-refractivity contribution in [1.29, 1.82) is 0 Å². The highest BCUT2D eigenvalue weighted by Crippen LogP contribution is 2.26. The first-order valence-corrected chi connectivity index (χ1v) is 9.97. The number of aromatic nitrogens is 1. The van der Waals surface area contributed by atoms with E-state index in [1.807, 2.05) is 31.5 Å². The third-order valence-electron chi connectivity index (χ3n) is 5.02. The molecule has 2 unspecified atom stereocenters. The summed E-state index contributed by atoms with van der Waals surface area (Å²) in [4.78, 5) is 20.8. The van der Waals surface area contributed by atoms with E-state index >= 15 is 0 Å². The Morgan fingerprint density at radius 2 is 1.82 bits per heavy atom. The minimum Gasteiger partial charge on any atom is -0.479 e. The van der Waals surface area contributed by atoms with Crippen LogP contribution in [0.25, 0.3) is 0 Å². The summed E-state index contributed by atoms with van der Waals surface area (Å²) in [5.41, 5.74) is 2.38. The van der Waals surface area contributed by atoms with Crippen LogP contribution in [0.2, 0.25) is 0 Å². The van der Waals surface area contributed by atoms with Crippen LogP contribution in [0.15, 0.2) is 48.8 Å². The molecular weight excluding hydrogens is 354 g/mol. The van der Waals surface area contributed by atoms with Crippen LogP contribution in [0.1, 0.15) is 27.2 Å². The highest BCUT2D eigenvalue weighted by molar-refractivity contribution is 5.75. The number of hydrogen-bond acceptors (Lipinski definition) is 6. The van der Waals surface area contributed by atoms with Crippen molar-refractivity contribution in [2.24, 2.45) is 0 Å². The van der Waals surface area contributed by atoms with Crippen molar-refractivity contribution in [3.63, 3.8) is 0 Å². The fraction of sp³-hybridized carbons (Fsp3) is 0.455. The van der Waals surface area contributed by atoms with Crippen LogP contribution in [0.4, 0.5) is 11.4 Å². The smallest absolute Gasteiger partial charge is 0.347 e. The molecule has 2 heterocycles. The molecular formula is C22H29N3O3. The average molecular weight is 383 g/mol. The number of pyridine rings is 1. The Morgan fingerprint density at radius 3 is 2.43 bits per heavy atom. The summed E-state index contributed by atoms with van der Waals surface area (Å²) in [5, 5.41) is 0. The van der Waals surface area contributed by atoms with Gasteiger partial charge in [-0.15, -0.1) is 0 Å². The van der Waals surface area contributed by atoms with E-state index in [0.29, 0.717) is 24.8 Å². The lowest BCUT2D eigenvalue weighted by Gasteiger charge is -2.42. The lowest BCUT2D eigenvalue weighted by atomic mass is 10.1. The third kappa shape index (κ3) is 4.74. The van der Waals surface area contributed by atoms with E-state index in [-0.39, 0.29) is 5.97 Å². The van der Waals surface area contributed by atoms with Gasteiger partial charge in [0.15, 0.2) is 6.10 Å². The molecule has 1 aromatic heterocycles. The molecule has 0 saturated carbocycles. The SMILES string of the molecule is CCOC(=O)C(CC)Oc1ccc(N2CCN(c3ccncc3)CC2C)cc1. The second-order valence-corrected chi connectivity index (χ2v) is 6.95. The molecule has 6 nitrogen and oxygen atoms in total. The van der Waals surface area contributed by atoms with E-state index in [9.17, 15) is 4.79 Å². The van der Waals surface area contributed by atoms with Gasteiger partial charge in [-0.1, -0.05) is 6.92 Å². The van der Waals surface area contributed by atoms with Crippen LogP contribution in [0.5, 0.6) is 5.75 Å². The minimum absolute atomic E-state index is 0.310. The summed E-state index contributed by atoms with van der Waals surface area (Å²) in [6, 6.07) is 12.5. The molecule has 2 aromatic rings. The Hall–Kier alpha value is -2.76. The summed E-state index contributed by atoms with van der Waals surface area (Å²) >= 11 is 0. The van der Waals surface area contributed by atoms with Gasteiger partial charge in [-0.05, 0) is 56.7 Å². The monoisotopic (exact) mass is 383 g/mol. The number of anilines is 2. The first-order valence-electron chi connectivity index (χ1n) is 9.97. The normalized spacial score (nSPS) is 17.9. The summed E-state index contributed by atoms with van der Waals surface area (Å²) in [7, 11) is 0. The van der Waals surface area contributed by atoms with Crippen LogP contribution in [-0.2, 0) is 9.53 Å². The maximum absolute atomic E-state index is 11.9. The van der Waals surface area contributed by atoms with Gasteiger partial charge in [-0.2, -0.15) is 0 Å². The number of carbonyl (C=O) groups excluding carboxylic acids is 1. The van der Waals surface area contributed by atoms with Gasteiger partial charge in [0.2, 0.25) is 0 Å². The van der Waals surface area contributed by atoms with E-state index in [1.54, 1.807) is 6.92 Å². The van der Waals surface area contributed by atoms with Crippen molar-refractivity contribution in [2.45, 2.75) is 39.3 Å². The topological polar surface area (TPSA) is 54.9 Å². The van der Waals surface area contributed by atoms with Gasteiger partial charge in [0, 0.05) is 49.4 Å². The Bertz CT molecular complexity index is 751. The van der Waals surface area contributed by atoms with Gasteiger partial charge in [-0.3, -0.25) is 4.98 Å². The molecule has 1 saturated heterocycles. The number of rotatable bonds is 7. The van der Waals surface area contributed by atoms with Crippen molar-refractivity contribution in [2.75, 3.05) is 36.0 Å². The Kier molecular flexibility index (Phi) is 6.74. The molecule has 0 N–H and O–H groups in total. The highest BCUT2D eigenvalue weighted by Gasteiger charge is 2.24. The first kappa shape index (κ1) is 20.0. The number of esters is 1. The van der Waals surface area contributed by atoms with Gasteiger partial charge in [0.05, 0.1) is 6.61 Å². The standard InChI is InChI=1S/C22H29N3O3/c1-4-21(22(26)27-5-2)28-20-8-6-19(7-9-20)25-15-14-24(16-17(25)3)18-10-12-23-13-11-18/h6-13,17,21H,4-5,14-16H2,1-3H3. The molecule has 28 heavy (non-hydrogen) atoms. The van der Waals surface area contributed by atoms with E-state index in [4.69, 9.17) is 9.47 Å². The molecule has 0 spiro atoms. The van der Waals surface area contributed by atoms with E-state index in [2.05, 4.69) is 46.0 Å². The zero-order valence-corrected chi connectivity index (χ0v) is 16.9. The Balaban J connectivity index is 1.61. The van der Waals surface area contributed by atoms with E-state index in [1.165, 1.54) is 11.4 Å². The molecule has 150 valence electrons. The molecule has 0 bridgehead atoms. The summed E-state index contributed by atoms with van der Waals surface area (Å²) in [6.07, 6.45) is 3.69. The quantitative estimate of drug-likeness (QED) is 0.682. The Morgan fingerprint density at radius 1 is 1.11 bits per heavy atom. The van der Waals surface area contributed by atoms with Crippen molar-refractivity contribution in [1.82, 2.24) is 4.98 Å². The molecule has 6 heteroatoms. The molecule has 2 atom stereocenters. The molecule has 0 amide bonds. The van der Waals surface area contributed by atoms with Crippen LogP contribution < -0.4 is 14.5 Å². The van der Waals surface area contributed by atoms with E-state index < -0.39 is 6.10 Å². The maximum Gasteiger partial charge on any atom is 0.347 e. The number of hydrogen-bond donors (Lipinski definition) is 0. The fourth-order valence-corrected chi connectivity index (χ4v) is 3.54. The van der Waals surface area contributed by atoms with Crippen molar-refractivity contribution in [3.8, 4) is 5.75 Å². The largest absolute Gasteiger partial charge is 0.479 e. The van der Waals surface area contributed by atoms with Crippen LogP contribution in [0, 0.1) is 0 Å². The molecule has 1 aliphatic heterocycles. The Labute approximate surface area is 167 Å². The summed E-state index contributed by atoms with van der Waals surface area (Å²) in [5.74, 6) is 0.377. The lowest BCUT2D eigenvalue weighted by molar-refractivity contribution is -0.151.